The summed E-state index contributed by atoms with van der Waals surface area (Å²) in [6.07, 6.45) is 3.78. The molecule has 0 N–H and O–H groups in total. The summed E-state index contributed by atoms with van der Waals surface area (Å²) in [5.41, 5.74) is 2.85. The van der Waals surface area contributed by atoms with Crippen molar-refractivity contribution < 1.29 is 13.2 Å². The number of carbonyl (C=O) groups excluding carboxylic acids is 1. The Morgan fingerprint density at radius 1 is 0.900 bits per heavy atom. The number of rotatable bonds is 5. The lowest BCUT2D eigenvalue weighted by Gasteiger charge is -2.28. The average Bonchev–Trinajstić information content (AvgIpc) is 3.09. The molecule has 1 aliphatic heterocycles. The van der Waals surface area contributed by atoms with Gasteiger partial charge in [-0.05, 0) is 37.6 Å². The molecule has 0 saturated carbocycles. The van der Waals surface area contributed by atoms with Crippen LogP contribution < -0.4 is 4.31 Å². The minimum absolute atomic E-state index is 0.176. The number of carbonyl (C=O) groups is 1. The summed E-state index contributed by atoms with van der Waals surface area (Å²) in [6.45, 7) is 3.79. The van der Waals surface area contributed by atoms with Crippen LogP contribution in [0.3, 0.4) is 0 Å². The van der Waals surface area contributed by atoms with Gasteiger partial charge in [0.2, 0.25) is 0 Å². The third kappa shape index (κ3) is 3.35. The average molecular weight is 418 g/mol. The van der Waals surface area contributed by atoms with E-state index < -0.39 is 16.1 Å². The Morgan fingerprint density at radius 3 is 2.20 bits per heavy atom. The molecule has 1 heterocycles. The predicted octanol–water partition coefficient (Wildman–Crippen LogP) is 5.12. The molecule has 0 bridgehead atoms. The molecule has 0 aromatic heterocycles. The van der Waals surface area contributed by atoms with Crippen molar-refractivity contribution in [1.82, 2.24) is 0 Å². The molecule has 4 nitrogen and oxygen atoms in total. The fraction of sp³-hybridized carbons (Fsp3) is 0.160. The van der Waals surface area contributed by atoms with Crippen LogP contribution in [0, 0.1) is 6.92 Å². The zero-order chi connectivity index (χ0) is 21.3. The van der Waals surface area contributed by atoms with Gasteiger partial charge in [0, 0.05) is 11.5 Å². The molecule has 1 aliphatic rings. The lowest BCUT2D eigenvalue weighted by Crippen LogP contribution is -2.44. The van der Waals surface area contributed by atoms with E-state index in [0.717, 1.165) is 11.1 Å². The Morgan fingerprint density at radius 2 is 1.53 bits per heavy atom. The number of nitrogens with zero attached hydrogens (tertiary/aromatic N) is 1. The highest BCUT2D eigenvalue weighted by Crippen LogP contribution is 2.45. The molecule has 3 aromatic carbocycles. The molecule has 0 unspecified atom stereocenters. The summed E-state index contributed by atoms with van der Waals surface area (Å²) in [5.74, 6) is -0.579. The number of aryl methyl sites for hydroxylation is 1. The minimum Gasteiger partial charge on any atom is -0.292 e. The largest absolute Gasteiger partial charge is 0.292 e. The van der Waals surface area contributed by atoms with Crippen LogP contribution in [0.1, 0.15) is 34.3 Å². The number of allylic oxidation sites excluding steroid dienone is 1. The highest BCUT2D eigenvalue weighted by Gasteiger charge is 2.47. The zero-order valence-corrected chi connectivity index (χ0v) is 17.7. The first-order valence-corrected chi connectivity index (χ1v) is 11.3. The van der Waals surface area contributed by atoms with E-state index in [-0.39, 0.29) is 16.6 Å². The van der Waals surface area contributed by atoms with Crippen molar-refractivity contribution in [3.05, 3.63) is 108 Å². The third-order valence-electron chi connectivity index (χ3n) is 5.43. The molecule has 30 heavy (non-hydrogen) atoms. The van der Waals surface area contributed by atoms with E-state index in [2.05, 4.69) is 0 Å². The lowest BCUT2D eigenvalue weighted by atomic mass is 9.90. The number of Topliss-reactive ketones (excluding diaryl/α,β-unsaturated/α-hetero) is 1. The third-order valence-corrected chi connectivity index (χ3v) is 7.24. The Balaban J connectivity index is 1.92. The topological polar surface area (TPSA) is 54.5 Å². The maximum atomic E-state index is 13.8. The second kappa shape index (κ2) is 7.92. The van der Waals surface area contributed by atoms with Crippen molar-refractivity contribution in [2.45, 2.75) is 30.7 Å². The smallest absolute Gasteiger partial charge is 0.265 e. The molecule has 0 amide bonds. The maximum Gasteiger partial charge on any atom is 0.265 e. The first-order valence-electron chi connectivity index (χ1n) is 9.87. The van der Waals surface area contributed by atoms with Crippen molar-refractivity contribution in [3.8, 4) is 0 Å². The molecule has 152 valence electrons. The molecule has 4 rings (SSSR count). The lowest BCUT2D eigenvalue weighted by molar-refractivity contribution is 0.0960. The van der Waals surface area contributed by atoms with Crippen molar-refractivity contribution in [3.63, 3.8) is 0 Å². The fourth-order valence-corrected chi connectivity index (χ4v) is 5.66. The standard InChI is InChI=1S/C25H23NO3S/c1-3-9-22-21-12-7-8-13-23(21)26(24(22)25(27)19-10-5-4-6-11-19)30(28,29)20-16-14-18(2)15-17-20/h3-17,22,24H,1-2H3/b9-3+/t22-,24-/m1/s1. The highest BCUT2D eigenvalue weighted by molar-refractivity contribution is 7.93. The summed E-state index contributed by atoms with van der Waals surface area (Å²) >= 11 is 0. The Bertz CT molecular complexity index is 1200. The first-order chi connectivity index (χ1) is 14.4. The van der Waals surface area contributed by atoms with Gasteiger partial charge in [-0.3, -0.25) is 9.10 Å². The summed E-state index contributed by atoms with van der Waals surface area (Å²) in [6, 6.07) is 22.1. The monoisotopic (exact) mass is 417 g/mol. The number of ketones is 1. The van der Waals surface area contributed by atoms with E-state index in [1.807, 2.05) is 44.2 Å². The molecule has 5 heteroatoms. The molecule has 0 saturated heterocycles. The van der Waals surface area contributed by atoms with Crippen molar-refractivity contribution in [2.75, 3.05) is 4.31 Å². The van der Waals surface area contributed by atoms with Crippen LogP contribution in [0.4, 0.5) is 5.69 Å². The molecule has 3 aromatic rings. The van der Waals surface area contributed by atoms with Crippen molar-refractivity contribution in [1.29, 1.82) is 0 Å². The number of benzene rings is 3. The van der Waals surface area contributed by atoms with Gasteiger partial charge in [-0.1, -0.05) is 78.4 Å². The van der Waals surface area contributed by atoms with Crippen LogP contribution in [0.25, 0.3) is 0 Å². The van der Waals surface area contributed by atoms with Gasteiger partial charge in [-0.25, -0.2) is 8.42 Å². The summed E-state index contributed by atoms with van der Waals surface area (Å²) in [7, 11) is -3.94. The van der Waals surface area contributed by atoms with Crippen molar-refractivity contribution in [2.24, 2.45) is 0 Å². The van der Waals surface area contributed by atoms with E-state index in [1.165, 1.54) is 4.31 Å². The second-order valence-electron chi connectivity index (χ2n) is 7.40. The number of para-hydroxylation sites is 1. The molecular formula is C25H23NO3S. The van der Waals surface area contributed by atoms with E-state index in [9.17, 15) is 13.2 Å². The predicted molar refractivity (Wildman–Crippen MR) is 119 cm³/mol. The van der Waals surface area contributed by atoms with Gasteiger partial charge in [-0.2, -0.15) is 0 Å². The minimum atomic E-state index is -3.94. The number of hydrogen-bond donors (Lipinski definition) is 0. The number of sulfonamides is 1. The van der Waals surface area contributed by atoms with Gasteiger partial charge in [0.05, 0.1) is 10.6 Å². The first kappa shape index (κ1) is 20.1. The molecular weight excluding hydrogens is 394 g/mol. The normalized spacial score (nSPS) is 18.5. The van der Waals surface area contributed by atoms with Gasteiger partial charge in [0.15, 0.2) is 5.78 Å². The van der Waals surface area contributed by atoms with Crippen LogP contribution in [-0.2, 0) is 10.0 Å². The molecule has 0 fully saturated rings. The van der Waals surface area contributed by atoms with E-state index in [0.29, 0.717) is 11.3 Å². The van der Waals surface area contributed by atoms with Crippen LogP contribution in [0.2, 0.25) is 0 Å². The van der Waals surface area contributed by atoms with Gasteiger partial charge in [0.25, 0.3) is 10.0 Å². The van der Waals surface area contributed by atoms with Crippen LogP contribution in [0.15, 0.2) is 95.9 Å². The molecule has 0 spiro atoms. The highest BCUT2D eigenvalue weighted by atomic mass is 32.2. The Kier molecular flexibility index (Phi) is 5.31. The summed E-state index contributed by atoms with van der Waals surface area (Å²) < 4.78 is 28.8. The number of fused-ring (bicyclic) bond motifs is 1. The van der Waals surface area contributed by atoms with E-state index in [4.69, 9.17) is 0 Å². The Labute approximate surface area is 177 Å². The van der Waals surface area contributed by atoms with Gasteiger partial charge in [-0.15, -0.1) is 0 Å². The van der Waals surface area contributed by atoms with Gasteiger partial charge >= 0.3 is 0 Å². The van der Waals surface area contributed by atoms with E-state index in [1.54, 1.807) is 60.7 Å². The van der Waals surface area contributed by atoms with Crippen LogP contribution in [-0.4, -0.2) is 20.2 Å². The molecule has 0 aliphatic carbocycles. The summed E-state index contributed by atoms with van der Waals surface area (Å²) in [4.78, 5) is 13.8. The quantitative estimate of drug-likeness (QED) is 0.428. The number of hydrogen-bond acceptors (Lipinski definition) is 3. The SMILES string of the molecule is C/C=C/[C@@H]1c2ccccc2N(S(=O)(=O)c2ccc(C)cc2)[C@H]1C(=O)c1ccccc1. The van der Waals surface area contributed by atoms with Gasteiger partial charge < -0.3 is 0 Å². The second-order valence-corrected chi connectivity index (χ2v) is 9.21. The zero-order valence-electron chi connectivity index (χ0n) is 16.9. The van der Waals surface area contributed by atoms with Crippen LogP contribution in [0.5, 0.6) is 0 Å². The molecule has 2 atom stereocenters. The Hall–Kier alpha value is -3.18. The van der Waals surface area contributed by atoms with Gasteiger partial charge in [0.1, 0.15) is 6.04 Å². The van der Waals surface area contributed by atoms with Crippen molar-refractivity contribution >= 4 is 21.5 Å². The van der Waals surface area contributed by atoms with Crippen LogP contribution >= 0.6 is 0 Å². The molecule has 0 radical (unpaired) electrons. The fourth-order valence-electron chi connectivity index (χ4n) is 4.00. The summed E-state index contributed by atoms with van der Waals surface area (Å²) in [5, 5.41) is 0. The number of anilines is 1. The van der Waals surface area contributed by atoms with E-state index >= 15 is 0 Å². The maximum absolute atomic E-state index is 13.8.